The Morgan fingerprint density at radius 1 is 1.17 bits per heavy atom. The second kappa shape index (κ2) is 6.22. The summed E-state index contributed by atoms with van der Waals surface area (Å²) in [6.45, 7) is 3.82. The van der Waals surface area contributed by atoms with Crippen LogP contribution >= 0.6 is 24.8 Å². The van der Waals surface area contributed by atoms with Crippen molar-refractivity contribution in [2.24, 2.45) is 0 Å². The summed E-state index contributed by atoms with van der Waals surface area (Å²) in [6.07, 6.45) is 0. The van der Waals surface area contributed by atoms with E-state index in [4.69, 9.17) is 0 Å². The highest BCUT2D eigenvalue weighted by Crippen LogP contribution is 2.24. The molecule has 0 amide bonds. The SMILES string of the molecule is Cl.Cl.Fc1ccc2c(N3CCNCC3)n[nH]c2c1. The third-order valence-corrected chi connectivity index (χ3v) is 2.92. The molecular formula is C11H15Cl2FN4. The van der Waals surface area contributed by atoms with E-state index in [1.165, 1.54) is 12.1 Å². The number of rotatable bonds is 1. The molecule has 0 aliphatic carbocycles. The van der Waals surface area contributed by atoms with Crippen molar-refractivity contribution in [2.45, 2.75) is 0 Å². The normalized spacial score (nSPS) is 15.1. The number of aromatic nitrogens is 2. The molecule has 0 spiro atoms. The van der Waals surface area contributed by atoms with E-state index in [2.05, 4.69) is 20.4 Å². The number of hydrogen-bond donors (Lipinski definition) is 2. The lowest BCUT2D eigenvalue weighted by atomic mass is 10.2. The topological polar surface area (TPSA) is 44.0 Å². The standard InChI is InChI=1S/C11H13FN4.2ClH/c12-8-1-2-9-10(7-8)14-15-11(9)16-5-3-13-4-6-16;;/h1-2,7,13H,3-6H2,(H,14,15);2*1H. The highest BCUT2D eigenvalue weighted by Gasteiger charge is 2.15. The zero-order valence-corrected chi connectivity index (χ0v) is 11.3. The summed E-state index contributed by atoms with van der Waals surface area (Å²) < 4.78 is 13.0. The molecule has 2 aromatic rings. The fraction of sp³-hybridized carbons (Fsp3) is 0.364. The fourth-order valence-corrected chi connectivity index (χ4v) is 2.10. The van der Waals surface area contributed by atoms with E-state index in [0.29, 0.717) is 0 Å². The summed E-state index contributed by atoms with van der Waals surface area (Å²) in [5.74, 6) is 0.694. The number of aromatic amines is 1. The van der Waals surface area contributed by atoms with Gasteiger partial charge in [0.2, 0.25) is 0 Å². The molecule has 7 heteroatoms. The van der Waals surface area contributed by atoms with Crippen LogP contribution in [0.1, 0.15) is 0 Å². The first-order valence-corrected chi connectivity index (χ1v) is 5.44. The first-order chi connectivity index (χ1) is 7.84. The first-order valence-electron chi connectivity index (χ1n) is 5.44. The number of H-pyrrole nitrogens is 1. The Hall–Kier alpha value is -1.04. The first kappa shape index (κ1) is 15.0. The van der Waals surface area contributed by atoms with Gasteiger partial charge in [0.25, 0.3) is 0 Å². The Labute approximate surface area is 117 Å². The predicted molar refractivity (Wildman–Crippen MR) is 75.6 cm³/mol. The van der Waals surface area contributed by atoms with E-state index in [1.807, 2.05) is 0 Å². The minimum Gasteiger partial charge on any atom is -0.352 e. The van der Waals surface area contributed by atoms with Gasteiger partial charge in [-0.25, -0.2) is 4.39 Å². The van der Waals surface area contributed by atoms with Gasteiger partial charge in [-0.05, 0) is 18.2 Å². The Morgan fingerprint density at radius 2 is 1.89 bits per heavy atom. The Morgan fingerprint density at radius 3 is 2.61 bits per heavy atom. The van der Waals surface area contributed by atoms with Crippen LogP contribution in [0.25, 0.3) is 10.9 Å². The van der Waals surface area contributed by atoms with Crippen molar-refractivity contribution in [3.8, 4) is 0 Å². The van der Waals surface area contributed by atoms with Crippen molar-refractivity contribution in [3.63, 3.8) is 0 Å². The molecule has 1 aliphatic rings. The van der Waals surface area contributed by atoms with E-state index in [0.717, 1.165) is 42.9 Å². The molecule has 0 radical (unpaired) electrons. The van der Waals surface area contributed by atoms with E-state index in [9.17, 15) is 4.39 Å². The van der Waals surface area contributed by atoms with Gasteiger partial charge in [0.1, 0.15) is 5.82 Å². The molecule has 1 aromatic carbocycles. The molecule has 0 bridgehead atoms. The molecule has 18 heavy (non-hydrogen) atoms. The third-order valence-electron chi connectivity index (χ3n) is 2.92. The van der Waals surface area contributed by atoms with Crippen LogP contribution in [0.15, 0.2) is 18.2 Å². The van der Waals surface area contributed by atoms with Crippen molar-refractivity contribution >= 4 is 41.5 Å². The molecule has 100 valence electrons. The lowest BCUT2D eigenvalue weighted by molar-refractivity contribution is 0.585. The van der Waals surface area contributed by atoms with E-state index < -0.39 is 0 Å². The average molecular weight is 293 g/mol. The summed E-state index contributed by atoms with van der Waals surface area (Å²) in [7, 11) is 0. The maximum atomic E-state index is 13.0. The van der Waals surface area contributed by atoms with Gasteiger partial charge in [0, 0.05) is 31.6 Å². The minimum atomic E-state index is -0.233. The van der Waals surface area contributed by atoms with E-state index in [-0.39, 0.29) is 30.6 Å². The van der Waals surface area contributed by atoms with Gasteiger partial charge in [0.05, 0.1) is 5.52 Å². The number of fused-ring (bicyclic) bond motifs is 1. The number of nitrogens with one attached hydrogen (secondary N) is 2. The molecule has 4 nitrogen and oxygen atoms in total. The highest BCUT2D eigenvalue weighted by molar-refractivity contribution is 5.90. The average Bonchev–Trinajstić information content (AvgIpc) is 2.73. The summed E-state index contributed by atoms with van der Waals surface area (Å²) in [5, 5.41) is 11.4. The summed E-state index contributed by atoms with van der Waals surface area (Å²) in [5.41, 5.74) is 0.758. The zero-order valence-electron chi connectivity index (χ0n) is 9.65. The van der Waals surface area contributed by atoms with Gasteiger partial charge in [-0.15, -0.1) is 24.8 Å². The lowest BCUT2D eigenvalue weighted by Crippen LogP contribution is -2.43. The molecular weight excluding hydrogens is 278 g/mol. The lowest BCUT2D eigenvalue weighted by Gasteiger charge is -2.27. The number of hydrogen-bond acceptors (Lipinski definition) is 3. The molecule has 1 saturated heterocycles. The molecule has 2 heterocycles. The van der Waals surface area contributed by atoms with Crippen LogP contribution in [0, 0.1) is 5.82 Å². The summed E-state index contributed by atoms with van der Waals surface area (Å²) in [4.78, 5) is 2.22. The number of benzene rings is 1. The maximum absolute atomic E-state index is 13.0. The van der Waals surface area contributed by atoms with Crippen molar-refractivity contribution in [1.82, 2.24) is 15.5 Å². The predicted octanol–water partition coefficient (Wildman–Crippen LogP) is 1.96. The monoisotopic (exact) mass is 292 g/mol. The molecule has 1 aromatic heterocycles. The zero-order chi connectivity index (χ0) is 11.0. The number of halogens is 3. The van der Waals surface area contributed by atoms with Gasteiger partial charge in [0.15, 0.2) is 5.82 Å². The second-order valence-electron chi connectivity index (χ2n) is 3.97. The van der Waals surface area contributed by atoms with Gasteiger partial charge in [-0.1, -0.05) is 0 Å². The fourth-order valence-electron chi connectivity index (χ4n) is 2.10. The molecule has 1 fully saturated rings. The van der Waals surface area contributed by atoms with Gasteiger partial charge >= 0.3 is 0 Å². The van der Waals surface area contributed by atoms with Crippen molar-refractivity contribution in [2.75, 3.05) is 31.1 Å². The summed E-state index contributed by atoms with van der Waals surface area (Å²) >= 11 is 0. The number of nitrogens with zero attached hydrogens (tertiary/aromatic N) is 2. The maximum Gasteiger partial charge on any atom is 0.158 e. The molecule has 1 aliphatic heterocycles. The molecule has 0 saturated carbocycles. The molecule has 3 rings (SSSR count). The quantitative estimate of drug-likeness (QED) is 0.844. The van der Waals surface area contributed by atoms with Crippen molar-refractivity contribution < 1.29 is 4.39 Å². The molecule has 0 unspecified atom stereocenters. The smallest absolute Gasteiger partial charge is 0.158 e. The number of piperazine rings is 1. The summed E-state index contributed by atoms with van der Waals surface area (Å²) in [6, 6.07) is 4.74. The van der Waals surface area contributed by atoms with Crippen LogP contribution in [0.2, 0.25) is 0 Å². The van der Waals surface area contributed by atoms with E-state index in [1.54, 1.807) is 6.07 Å². The van der Waals surface area contributed by atoms with Crippen LogP contribution < -0.4 is 10.2 Å². The minimum absolute atomic E-state index is 0. The van der Waals surface area contributed by atoms with Crippen LogP contribution in [0.5, 0.6) is 0 Å². The Bertz CT molecular complexity index is 511. The third kappa shape index (κ3) is 2.68. The number of anilines is 1. The van der Waals surface area contributed by atoms with Crippen LogP contribution in [0.3, 0.4) is 0 Å². The Balaban J connectivity index is 0.000000810. The van der Waals surface area contributed by atoms with E-state index >= 15 is 0 Å². The van der Waals surface area contributed by atoms with Crippen LogP contribution in [0.4, 0.5) is 10.2 Å². The van der Waals surface area contributed by atoms with Gasteiger partial charge < -0.3 is 10.2 Å². The Kier molecular flexibility index (Phi) is 5.19. The molecule has 0 atom stereocenters. The molecule has 2 N–H and O–H groups in total. The second-order valence-corrected chi connectivity index (χ2v) is 3.97. The van der Waals surface area contributed by atoms with Crippen LogP contribution in [-0.4, -0.2) is 36.4 Å². The van der Waals surface area contributed by atoms with Crippen molar-refractivity contribution in [3.05, 3.63) is 24.0 Å². The van der Waals surface area contributed by atoms with Gasteiger partial charge in [-0.2, -0.15) is 5.10 Å². The van der Waals surface area contributed by atoms with Gasteiger partial charge in [-0.3, -0.25) is 5.10 Å². The van der Waals surface area contributed by atoms with Crippen LogP contribution in [-0.2, 0) is 0 Å². The largest absolute Gasteiger partial charge is 0.352 e. The van der Waals surface area contributed by atoms with Crippen molar-refractivity contribution in [1.29, 1.82) is 0 Å². The highest BCUT2D eigenvalue weighted by atomic mass is 35.5.